The molecule has 2 bridgehead atoms. The minimum Gasteiger partial charge on any atom is -0.376 e. The normalized spacial score (nSPS) is 33.8. The first-order valence-corrected chi connectivity index (χ1v) is 9.69. The Hall–Kier alpha value is -2.47. The quantitative estimate of drug-likeness (QED) is 0.652. The van der Waals surface area contributed by atoms with E-state index in [1.165, 1.54) is 4.90 Å². The van der Waals surface area contributed by atoms with Crippen LogP contribution in [-0.2, 0) is 14.3 Å². The Labute approximate surface area is 157 Å². The molecule has 4 aliphatic rings. The number of amides is 3. The fraction of sp³-hybridized carbons (Fsp3) is 0.476. The lowest BCUT2D eigenvalue weighted by Gasteiger charge is -2.17. The number of carbonyl (C=O) groups is 3. The Morgan fingerprint density at radius 2 is 1.74 bits per heavy atom. The topological polar surface area (TPSA) is 75.7 Å². The molecule has 1 saturated carbocycles. The average molecular weight is 366 g/mol. The molecule has 6 nitrogen and oxygen atoms in total. The number of anilines is 1. The minimum absolute atomic E-state index is 0.0939. The summed E-state index contributed by atoms with van der Waals surface area (Å²) in [5, 5.41) is 2.88. The molecule has 27 heavy (non-hydrogen) atoms. The van der Waals surface area contributed by atoms with Gasteiger partial charge in [-0.1, -0.05) is 12.2 Å². The van der Waals surface area contributed by atoms with Crippen LogP contribution in [0.25, 0.3) is 0 Å². The van der Waals surface area contributed by atoms with Gasteiger partial charge in [0.25, 0.3) is 5.91 Å². The van der Waals surface area contributed by atoms with Crippen LogP contribution in [-0.4, -0.2) is 37.0 Å². The van der Waals surface area contributed by atoms with Crippen LogP contribution in [0.4, 0.5) is 5.69 Å². The van der Waals surface area contributed by atoms with E-state index >= 15 is 0 Å². The predicted octanol–water partition coefficient (Wildman–Crippen LogP) is 1.91. The molecule has 6 heteroatoms. The highest BCUT2D eigenvalue weighted by Crippen LogP contribution is 2.53. The Balaban J connectivity index is 1.28. The number of carbonyl (C=O) groups excluding carboxylic acids is 3. The molecule has 0 radical (unpaired) electrons. The molecule has 0 unspecified atom stereocenters. The van der Waals surface area contributed by atoms with Crippen LogP contribution in [0, 0.1) is 23.7 Å². The zero-order valence-corrected chi connectivity index (χ0v) is 15.0. The lowest BCUT2D eigenvalue weighted by Crippen LogP contribution is -2.33. The molecule has 1 aromatic carbocycles. The monoisotopic (exact) mass is 366 g/mol. The maximum absolute atomic E-state index is 12.8. The first-order valence-electron chi connectivity index (χ1n) is 9.69. The number of imide groups is 1. The number of hydrogen-bond donors (Lipinski definition) is 1. The van der Waals surface area contributed by atoms with Crippen molar-refractivity contribution >= 4 is 23.4 Å². The van der Waals surface area contributed by atoms with Crippen molar-refractivity contribution in [2.75, 3.05) is 18.1 Å². The van der Waals surface area contributed by atoms with E-state index in [1.807, 2.05) is 0 Å². The number of allylic oxidation sites excluding steroid dienone is 2. The van der Waals surface area contributed by atoms with Gasteiger partial charge in [-0.2, -0.15) is 0 Å². The molecule has 2 saturated heterocycles. The fourth-order valence-corrected chi connectivity index (χ4v) is 5.03. The van der Waals surface area contributed by atoms with E-state index in [-0.39, 0.29) is 47.5 Å². The van der Waals surface area contributed by atoms with E-state index in [9.17, 15) is 14.4 Å². The Bertz CT molecular complexity index is 795. The summed E-state index contributed by atoms with van der Waals surface area (Å²) >= 11 is 0. The van der Waals surface area contributed by atoms with E-state index in [2.05, 4.69) is 17.5 Å². The van der Waals surface area contributed by atoms with Gasteiger partial charge in [-0.05, 0) is 55.4 Å². The summed E-state index contributed by atoms with van der Waals surface area (Å²) < 4.78 is 5.51. The molecular weight excluding hydrogens is 344 g/mol. The summed E-state index contributed by atoms with van der Waals surface area (Å²) in [6.07, 6.45) is 7.19. The highest BCUT2D eigenvalue weighted by Gasteiger charge is 2.59. The van der Waals surface area contributed by atoms with E-state index in [1.54, 1.807) is 24.3 Å². The highest BCUT2D eigenvalue weighted by molar-refractivity contribution is 6.22. The molecule has 0 aromatic heterocycles. The van der Waals surface area contributed by atoms with Crippen LogP contribution in [0.3, 0.4) is 0 Å². The van der Waals surface area contributed by atoms with Crippen LogP contribution in [0.15, 0.2) is 36.4 Å². The summed E-state index contributed by atoms with van der Waals surface area (Å²) in [6.45, 7) is 1.26. The van der Waals surface area contributed by atoms with E-state index in [4.69, 9.17) is 4.74 Å². The van der Waals surface area contributed by atoms with E-state index < -0.39 is 0 Å². The van der Waals surface area contributed by atoms with Crippen LogP contribution >= 0.6 is 0 Å². The van der Waals surface area contributed by atoms with Crippen LogP contribution in [0.5, 0.6) is 0 Å². The largest absolute Gasteiger partial charge is 0.376 e. The summed E-state index contributed by atoms with van der Waals surface area (Å²) in [6, 6.07) is 6.71. The molecule has 5 rings (SSSR count). The molecular formula is C21H22N2O4. The number of nitrogens with one attached hydrogen (secondary N) is 1. The second kappa shape index (κ2) is 6.30. The molecule has 5 atom stereocenters. The fourth-order valence-electron chi connectivity index (χ4n) is 5.03. The number of nitrogens with zero attached hydrogens (tertiary/aromatic N) is 1. The maximum Gasteiger partial charge on any atom is 0.251 e. The third-order valence-corrected chi connectivity index (χ3v) is 6.37. The van der Waals surface area contributed by atoms with Crippen molar-refractivity contribution in [1.82, 2.24) is 5.32 Å². The molecule has 2 heterocycles. The first kappa shape index (κ1) is 16.7. The zero-order valence-electron chi connectivity index (χ0n) is 15.0. The summed E-state index contributed by atoms with van der Waals surface area (Å²) in [5.41, 5.74) is 1.06. The Morgan fingerprint density at radius 3 is 2.33 bits per heavy atom. The molecule has 140 valence electrons. The van der Waals surface area contributed by atoms with Crippen molar-refractivity contribution in [1.29, 1.82) is 0 Å². The van der Waals surface area contributed by atoms with Crippen molar-refractivity contribution < 1.29 is 19.1 Å². The Morgan fingerprint density at radius 1 is 1.07 bits per heavy atom. The van der Waals surface area contributed by atoms with Gasteiger partial charge in [-0.3, -0.25) is 19.3 Å². The third kappa shape index (κ3) is 2.62. The smallest absolute Gasteiger partial charge is 0.251 e. The molecule has 0 spiro atoms. The lowest BCUT2D eigenvalue weighted by molar-refractivity contribution is -0.123. The number of rotatable bonds is 4. The van der Waals surface area contributed by atoms with Gasteiger partial charge in [0.15, 0.2) is 0 Å². The first-order chi connectivity index (χ1) is 13.1. The summed E-state index contributed by atoms with van der Waals surface area (Å²) in [4.78, 5) is 39.3. The zero-order chi connectivity index (χ0) is 18.5. The van der Waals surface area contributed by atoms with Crippen LogP contribution < -0.4 is 10.2 Å². The van der Waals surface area contributed by atoms with Gasteiger partial charge in [0.05, 0.1) is 23.6 Å². The molecule has 3 amide bonds. The van der Waals surface area contributed by atoms with Crippen molar-refractivity contribution in [3.05, 3.63) is 42.0 Å². The molecule has 3 fully saturated rings. The second-order valence-corrected chi connectivity index (χ2v) is 7.90. The highest BCUT2D eigenvalue weighted by atomic mass is 16.5. The Kier molecular flexibility index (Phi) is 3.90. The molecule has 2 aliphatic carbocycles. The van der Waals surface area contributed by atoms with Gasteiger partial charge in [0.2, 0.25) is 11.8 Å². The minimum atomic E-state index is -0.207. The van der Waals surface area contributed by atoms with Crippen molar-refractivity contribution in [2.45, 2.75) is 25.4 Å². The number of hydrogen-bond acceptors (Lipinski definition) is 4. The van der Waals surface area contributed by atoms with Crippen molar-refractivity contribution in [2.24, 2.45) is 23.7 Å². The van der Waals surface area contributed by atoms with Gasteiger partial charge in [-0.25, -0.2) is 0 Å². The maximum atomic E-state index is 12.8. The third-order valence-electron chi connectivity index (χ3n) is 6.37. The summed E-state index contributed by atoms with van der Waals surface area (Å²) in [7, 11) is 0. The SMILES string of the molecule is O=C(NC[C@@H]1CCCO1)c1ccc(N2C(=O)[C@@H]3[C@H](C2=O)[C@@H]2C=C[C@H]3C2)cc1. The van der Waals surface area contributed by atoms with E-state index in [0.717, 1.165) is 25.9 Å². The average Bonchev–Trinajstić information content (AvgIpc) is 3.45. The molecule has 1 aromatic rings. The van der Waals surface area contributed by atoms with Crippen LogP contribution in [0.1, 0.15) is 29.6 Å². The van der Waals surface area contributed by atoms with Gasteiger partial charge < -0.3 is 10.1 Å². The lowest BCUT2D eigenvalue weighted by atomic mass is 9.85. The van der Waals surface area contributed by atoms with Gasteiger partial charge in [-0.15, -0.1) is 0 Å². The standard InChI is InChI=1S/C21H22N2O4/c24-19(22-11-16-2-1-9-27-16)12-5-7-15(8-6-12)23-20(25)17-13-3-4-14(10-13)18(17)21(23)26/h3-8,13-14,16-18H,1-2,9-11H2,(H,22,24)/t13-,14+,16-,17-,18+/m0/s1. The van der Waals surface area contributed by atoms with Crippen LogP contribution in [0.2, 0.25) is 0 Å². The molecule has 2 aliphatic heterocycles. The van der Waals surface area contributed by atoms with E-state index in [0.29, 0.717) is 17.8 Å². The number of ether oxygens (including phenoxy) is 1. The van der Waals surface area contributed by atoms with Gasteiger partial charge in [0, 0.05) is 18.7 Å². The number of benzene rings is 1. The predicted molar refractivity (Wildman–Crippen MR) is 98.0 cm³/mol. The van der Waals surface area contributed by atoms with Gasteiger partial charge in [0.1, 0.15) is 0 Å². The summed E-state index contributed by atoms with van der Waals surface area (Å²) in [5.74, 6) is -0.387. The van der Waals surface area contributed by atoms with Crippen molar-refractivity contribution in [3.63, 3.8) is 0 Å². The number of fused-ring (bicyclic) bond motifs is 5. The second-order valence-electron chi connectivity index (χ2n) is 7.90. The van der Waals surface area contributed by atoms with Crippen molar-refractivity contribution in [3.8, 4) is 0 Å². The van der Waals surface area contributed by atoms with Gasteiger partial charge >= 0.3 is 0 Å². The molecule has 1 N–H and O–H groups in total.